The predicted molar refractivity (Wildman–Crippen MR) is 130 cm³/mol. The van der Waals surface area contributed by atoms with Crippen molar-refractivity contribution in [2.24, 2.45) is 5.73 Å². The lowest BCUT2D eigenvalue weighted by molar-refractivity contribution is 0.100. The molecule has 4 rings (SSSR count). The molecule has 0 aliphatic carbocycles. The van der Waals surface area contributed by atoms with Gasteiger partial charge in [-0.15, -0.1) is 11.3 Å². The summed E-state index contributed by atoms with van der Waals surface area (Å²) >= 11 is 1.31. The number of rotatable bonds is 8. The number of anilines is 2. The number of nitrogen functional groups attached to an aromatic ring is 1. The van der Waals surface area contributed by atoms with E-state index in [1.54, 1.807) is 0 Å². The lowest BCUT2D eigenvalue weighted by Crippen LogP contribution is -2.43. The smallest absolute Gasteiger partial charge is 0.260 e. The van der Waals surface area contributed by atoms with E-state index in [1.807, 2.05) is 0 Å². The van der Waals surface area contributed by atoms with Crippen LogP contribution in [0.3, 0.4) is 0 Å². The SMILES string of the molecule is CCCc1cc(N2CCC(NCCc3ccccc3)CC2)nc2sc(C(N)=O)c(N)c12. The van der Waals surface area contributed by atoms with Crippen LogP contribution in [0.1, 0.15) is 47.0 Å². The molecular formula is C24H31N5OS. The summed E-state index contributed by atoms with van der Waals surface area (Å²) in [7, 11) is 0. The molecule has 7 heteroatoms. The second kappa shape index (κ2) is 9.66. The lowest BCUT2D eigenvalue weighted by atomic mass is 10.0. The zero-order valence-electron chi connectivity index (χ0n) is 18.1. The summed E-state index contributed by atoms with van der Waals surface area (Å²) < 4.78 is 0. The molecule has 164 valence electrons. The Hall–Kier alpha value is -2.64. The number of piperidine rings is 1. The highest BCUT2D eigenvalue weighted by atomic mass is 32.1. The summed E-state index contributed by atoms with van der Waals surface area (Å²) in [6.45, 7) is 5.09. The van der Waals surface area contributed by atoms with Crippen LogP contribution in [0.2, 0.25) is 0 Å². The molecule has 1 fully saturated rings. The van der Waals surface area contributed by atoms with Crippen molar-refractivity contribution in [2.45, 2.75) is 45.1 Å². The summed E-state index contributed by atoms with van der Waals surface area (Å²) in [6.07, 6.45) is 5.16. The fourth-order valence-electron chi connectivity index (χ4n) is 4.37. The molecule has 1 aromatic carbocycles. The van der Waals surface area contributed by atoms with E-state index in [4.69, 9.17) is 16.5 Å². The van der Waals surface area contributed by atoms with Gasteiger partial charge in [-0.05, 0) is 49.4 Å². The third kappa shape index (κ3) is 4.83. The minimum Gasteiger partial charge on any atom is -0.397 e. The number of aromatic nitrogens is 1. The number of thiophene rings is 1. The molecule has 1 saturated heterocycles. The number of aryl methyl sites for hydroxylation is 1. The molecule has 3 heterocycles. The molecule has 6 nitrogen and oxygen atoms in total. The van der Waals surface area contributed by atoms with E-state index in [1.165, 1.54) is 16.9 Å². The standard InChI is InChI=1S/C24H31N5OS/c1-2-6-17-15-19(28-24-20(17)21(25)22(31-24)23(26)30)29-13-10-18(11-14-29)27-12-9-16-7-4-3-5-8-16/h3-5,7-8,15,18,27H,2,6,9-14,25H2,1H3,(H2,26,30). The van der Waals surface area contributed by atoms with Gasteiger partial charge in [-0.2, -0.15) is 0 Å². The number of amides is 1. The first-order valence-corrected chi connectivity index (χ1v) is 11.9. The minimum absolute atomic E-state index is 0.415. The average molecular weight is 438 g/mol. The third-order valence-electron chi connectivity index (χ3n) is 6.02. The monoisotopic (exact) mass is 437 g/mol. The van der Waals surface area contributed by atoms with Crippen LogP contribution in [0, 0.1) is 0 Å². The zero-order chi connectivity index (χ0) is 21.8. The Bertz CT molecular complexity index is 1040. The Morgan fingerprint density at radius 3 is 2.65 bits per heavy atom. The van der Waals surface area contributed by atoms with Gasteiger partial charge in [0.2, 0.25) is 0 Å². The number of carbonyl (C=O) groups excluding carboxylic acids is 1. The first-order valence-electron chi connectivity index (χ1n) is 11.1. The second-order valence-corrected chi connectivity index (χ2v) is 9.23. The molecule has 31 heavy (non-hydrogen) atoms. The minimum atomic E-state index is -0.480. The van der Waals surface area contributed by atoms with Gasteiger partial charge in [-0.25, -0.2) is 4.98 Å². The molecule has 2 aromatic heterocycles. The van der Waals surface area contributed by atoms with Crippen LogP contribution in [-0.4, -0.2) is 36.6 Å². The Morgan fingerprint density at radius 2 is 1.97 bits per heavy atom. The second-order valence-electron chi connectivity index (χ2n) is 8.23. The fraction of sp³-hybridized carbons (Fsp3) is 0.417. The fourth-order valence-corrected chi connectivity index (χ4v) is 5.36. The molecule has 0 bridgehead atoms. The van der Waals surface area contributed by atoms with E-state index < -0.39 is 5.91 Å². The van der Waals surface area contributed by atoms with Gasteiger partial charge in [-0.1, -0.05) is 43.7 Å². The highest BCUT2D eigenvalue weighted by Gasteiger charge is 2.23. The van der Waals surface area contributed by atoms with E-state index in [0.717, 1.165) is 73.3 Å². The van der Waals surface area contributed by atoms with Gasteiger partial charge in [0.1, 0.15) is 15.5 Å². The number of nitrogens with zero attached hydrogens (tertiary/aromatic N) is 2. The Balaban J connectivity index is 1.43. The quantitative estimate of drug-likeness (QED) is 0.499. The molecule has 0 atom stereocenters. The van der Waals surface area contributed by atoms with E-state index in [9.17, 15) is 4.79 Å². The number of carbonyl (C=O) groups is 1. The Kier molecular flexibility index (Phi) is 6.73. The van der Waals surface area contributed by atoms with Crippen molar-refractivity contribution in [3.63, 3.8) is 0 Å². The predicted octanol–water partition coefficient (Wildman–Crippen LogP) is 3.73. The van der Waals surface area contributed by atoms with Gasteiger partial charge >= 0.3 is 0 Å². The van der Waals surface area contributed by atoms with Crippen molar-refractivity contribution in [1.29, 1.82) is 0 Å². The van der Waals surface area contributed by atoms with Crippen LogP contribution in [0.25, 0.3) is 10.2 Å². The molecule has 3 aromatic rings. The highest BCUT2D eigenvalue weighted by molar-refractivity contribution is 7.21. The molecule has 0 saturated carbocycles. The maximum absolute atomic E-state index is 11.8. The molecule has 0 unspecified atom stereocenters. The number of fused-ring (bicyclic) bond motifs is 1. The van der Waals surface area contributed by atoms with Gasteiger partial charge in [-0.3, -0.25) is 4.79 Å². The van der Waals surface area contributed by atoms with Crippen molar-refractivity contribution in [3.05, 3.63) is 52.4 Å². The van der Waals surface area contributed by atoms with Crippen LogP contribution in [0.5, 0.6) is 0 Å². The van der Waals surface area contributed by atoms with Crippen molar-refractivity contribution >= 4 is 39.0 Å². The molecule has 1 aliphatic heterocycles. The molecule has 1 aliphatic rings. The van der Waals surface area contributed by atoms with Gasteiger partial charge in [0.15, 0.2) is 0 Å². The number of primary amides is 1. The van der Waals surface area contributed by atoms with Gasteiger partial charge < -0.3 is 21.7 Å². The van der Waals surface area contributed by atoms with Gasteiger partial charge in [0, 0.05) is 24.5 Å². The normalized spacial score (nSPS) is 14.9. The molecule has 1 amide bonds. The van der Waals surface area contributed by atoms with E-state index in [0.29, 0.717) is 16.6 Å². The molecule has 5 N–H and O–H groups in total. The molecule has 0 radical (unpaired) electrons. The van der Waals surface area contributed by atoms with Crippen LogP contribution < -0.4 is 21.7 Å². The van der Waals surface area contributed by atoms with E-state index in [-0.39, 0.29) is 0 Å². The maximum atomic E-state index is 11.8. The first kappa shape index (κ1) is 21.6. The van der Waals surface area contributed by atoms with Crippen molar-refractivity contribution in [1.82, 2.24) is 10.3 Å². The summed E-state index contributed by atoms with van der Waals surface area (Å²) in [6, 6.07) is 13.3. The van der Waals surface area contributed by atoms with E-state index >= 15 is 0 Å². The van der Waals surface area contributed by atoms with Gasteiger partial charge in [0.05, 0.1) is 5.69 Å². The van der Waals surface area contributed by atoms with Crippen LogP contribution in [-0.2, 0) is 12.8 Å². The van der Waals surface area contributed by atoms with Crippen LogP contribution in [0.4, 0.5) is 11.5 Å². The van der Waals surface area contributed by atoms with E-state index in [2.05, 4.69) is 53.5 Å². The number of pyridine rings is 1. The van der Waals surface area contributed by atoms with Gasteiger partial charge in [0.25, 0.3) is 5.91 Å². The Labute approximate surface area is 187 Å². The number of hydrogen-bond donors (Lipinski definition) is 3. The summed E-state index contributed by atoms with van der Waals surface area (Å²) in [5.74, 6) is 0.503. The Morgan fingerprint density at radius 1 is 1.23 bits per heavy atom. The van der Waals surface area contributed by atoms with Crippen molar-refractivity contribution in [2.75, 3.05) is 30.3 Å². The number of hydrogen-bond acceptors (Lipinski definition) is 6. The lowest BCUT2D eigenvalue weighted by Gasteiger charge is -2.33. The topological polar surface area (TPSA) is 97.3 Å². The molecule has 0 spiro atoms. The van der Waals surface area contributed by atoms with Crippen molar-refractivity contribution in [3.8, 4) is 0 Å². The third-order valence-corrected chi connectivity index (χ3v) is 7.13. The summed E-state index contributed by atoms with van der Waals surface area (Å²) in [5, 5.41) is 4.62. The summed E-state index contributed by atoms with van der Waals surface area (Å²) in [4.78, 5) is 20.2. The first-order chi connectivity index (χ1) is 15.1. The number of nitrogens with one attached hydrogen (secondary N) is 1. The van der Waals surface area contributed by atoms with Crippen LogP contribution in [0.15, 0.2) is 36.4 Å². The maximum Gasteiger partial charge on any atom is 0.260 e. The largest absolute Gasteiger partial charge is 0.397 e. The van der Waals surface area contributed by atoms with Crippen molar-refractivity contribution < 1.29 is 4.79 Å². The highest BCUT2D eigenvalue weighted by Crippen LogP contribution is 2.37. The number of benzene rings is 1. The zero-order valence-corrected chi connectivity index (χ0v) is 18.9. The number of nitrogens with two attached hydrogens (primary N) is 2. The molecular weight excluding hydrogens is 406 g/mol. The average Bonchev–Trinajstić information content (AvgIpc) is 3.12. The van der Waals surface area contributed by atoms with Crippen LogP contribution >= 0.6 is 11.3 Å². The summed E-state index contributed by atoms with van der Waals surface area (Å²) in [5.41, 5.74) is 14.8.